The lowest BCUT2D eigenvalue weighted by Crippen LogP contribution is -2.39. The Kier molecular flexibility index (Phi) is 5.19. The quantitative estimate of drug-likeness (QED) is 0.466. The highest BCUT2D eigenvalue weighted by Gasteiger charge is 2.31. The Morgan fingerprint density at radius 2 is 1.79 bits per heavy atom. The number of ether oxygens (including phenoxy) is 1. The summed E-state index contributed by atoms with van der Waals surface area (Å²) in [6, 6.07) is 18.2. The first-order valence-corrected chi connectivity index (χ1v) is 11.8. The lowest BCUT2D eigenvalue weighted by Gasteiger charge is -2.34. The lowest BCUT2D eigenvalue weighted by molar-refractivity contribution is 0.0682. The van der Waals surface area contributed by atoms with Gasteiger partial charge in [-0.2, -0.15) is 5.10 Å². The van der Waals surface area contributed by atoms with Gasteiger partial charge in [0.1, 0.15) is 11.9 Å². The summed E-state index contributed by atoms with van der Waals surface area (Å²) in [5, 5.41) is 4.25. The van der Waals surface area contributed by atoms with Crippen LogP contribution in [0.15, 0.2) is 67.0 Å². The number of rotatable bonds is 4. The number of hydrogen-bond acceptors (Lipinski definition) is 4. The van der Waals surface area contributed by atoms with E-state index >= 15 is 0 Å². The van der Waals surface area contributed by atoms with Gasteiger partial charge in [-0.05, 0) is 68.1 Å². The predicted molar refractivity (Wildman–Crippen MR) is 125 cm³/mol. The second-order valence-corrected chi connectivity index (χ2v) is 8.85. The van der Waals surface area contributed by atoms with Gasteiger partial charge in [0.25, 0.3) is 5.91 Å². The molecular formula is C26H27N5O2. The lowest BCUT2D eigenvalue weighted by atomic mass is 10.0. The van der Waals surface area contributed by atoms with Gasteiger partial charge in [0.15, 0.2) is 0 Å². The van der Waals surface area contributed by atoms with E-state index in [0.29, 0.717) is 6.04 Å². The number of carbonyl (C=O) groups excluding carboxylic acids is 1. The van der Waals surface area contributed by atoms with Crippen LogP contribution < -0.4 is 0 Å². The number of aromatic nitrogens is 4. The number of amides is 1. The van der Waals surface area contributed by atoms with E-state index in [1.165, 1.54) is 5.52 Å². The van der Waals surface area contributed by atoms with Crippen LogP contribution in [0.4, 0.5) is 0 Å². The number of imidazole rings is 1. The van der Waals surface area contributed by atoms with Gasteiger partial charge in [0.05, 0.1) is 16.7 Å². The van der Waals surface area contributed by atoms with Gasteiger partial charge in [-0.3, -0.25) is 4.79 Å². The van der Waals surface area contributed by atoms with Crippen LogP contribution in [-0.2, 0) is 4.74 Å². The van der Waals surface area contributed by atoms with E-state index in [-0.39, 0.29) is 12.0 Å². The van der Waals surface area contributed by atoms with Gasteiger partial charge >= 0.3 is 0 Å². The van der Waals surface area contributed by atoms with Crippen LogP contribution in [0.3, 0.4) is 0 Å². The third-order valence-electron chi connectivity index (χ3n) is 6.84. The molecule has 168 valence electrons. The van der Waals surface area contributed by atoms with Crippen LogP contribution in [0.5, 0.6) is 0 Å². The fraction of sp³-hybridized carbons (Fsp3) is 0.346. The fourth-order valence-corrected chi connectivity index (χ4v) is 5.14. The van der Waals surface area contributed by atoms with Crippen molar-refractivity contribution in [2.45, 2.75) is 37.8 Å². The highest BCUT2D eigenvalue weighted by atomic mass is 16.5. The molecule has 0 spiro atoms. The number of nitrogens with zero attached hydrogens (tertiary/aromatic N) is 5. The largest absolute Gasteiger partial charge is 0.370 e. The van der Waals surface area contributed by atoms with Gasteiger partial charge in [-0.1, -0.05) is 12.1 Å². The zero-order chi connectivity index (χ0) is 22.2. The van der Waals surface area contributed by atoms with Crippen molar-refractivity contribution < 1.29 is 9.53 Å². The Morgan fingerprint density at radius 1 is 0.970 bits per heavy atom. The molecule has 2 fully saturated rings. The van der Waals surface area contributed by atoms with Crippen molar-refractivity contribution in [1.82, 2.24) is 24.2 Å². The molecule has 2 aromatic heterocycles. The minimum Gasteiger partial charge on any atom is -0.370 e. The molecule has 6 rings (SSSR count). The monoisotopic (exact) mass is 441 g/mol. The highest BCUT2D eigenvalue weighted by molar-refractivity contribution is 5.94. The van der Waals surface area contributed by atoms with E-state index < -0.39 is 0 Å². The molecular weight excluding hydrogens is 414 g/mol. The number of carbonyl (C=O) groups is 1. The first-order chi connectivity index (χ1) is 16.3. The Hall–Kier alpha value is -3.45. The molecule has 1 atom stereocenters. The molecule has 0 radical (unpaired) electrons. The van der Waals surface area contributed by atoms with Gasteiger partial charge in [-0.15, -0.1) is 0 Å². The summed E-state index contributed by atoms with van der Waals surface area (Å²) in [4.78, 5) is 20.1. The molecule has 4 heterocycles. The van der Waals surface area contributed by atoms with Gasteiger partial charge in [0, 0.05) is 43.7 Å². The zero-order valence-electron chi connectivity index (χ0n) is 18.5. The minimum atomic E-state index is 0.0744. The molecule has 1 amide bonds. The topological polar surface area (TPSA) is 65.2 Å². The maximum atomic E-state index is 13.1. The van der Waals surface area contributed by atoms with Crippen molar-refractivity contribution in [2.75, 3.05) is 19.7 Å². The second kappa shape index (κ2) is 8.48. The number of piperidine rings is 1. The maximum absolute atomic E-state index is 13.1. The molecule has 2 saturated heterocycles. The van der Waals surface area contributed by atoms with Crippen LogP contribution in [0.1, 0.15) is 54.0 Å². The summed E-state index contributed by atoms with van der Waals surface area (Å²) >= 11 is 0. The molecule has 7 nitrogen and oxygen atoms in total. The van der Waals surface area contributed by atoms with Crippen molar-refractivity contribution in [3.8, 4) is 5.69 Å². The highest BCUT2D eigenvalue weighted by Crippen LogP contribution is 2.36. The molecule has 0 N–H and O–H groups in total. The third-order valence-corrected chi connectivity index (χ3v) is 6.84. The summed E-state index contributed by atoms with van der Waals surface area (Å²) in [6.07, 6.45) is 7.65. The van der Waals surface area contributed by atoms with Crippen molar-refractivity contribution >= 4 is 16.9 Å². The molecule has 2 aliphatic heterocycles. The first-order valence-electron chi connectivity index (χ1n) is 11.8. The van der Waals surface area contributed by atoms with Crippen LogP contribution in [0.2, 0.25) is 0 Å². The standard InChI is InChI=1S/C26H27N5O2/c32-26(19-8-10-20(11-9-19)30-15-4-14-27-30)29-16-12-21(13-17-29)31-23-6-2-1-5-22(23)28-25(31)24-7-3-18-33-24/h1-2,4-6,8-11,14-15,21,24H,3,7,12-13,16-18H2. The Labute approximate surface area is 192 Å². The van der Waals surface area contributed by atoms with Crippen LogP contribution in [0, 0.1) is 0 Å². The van der Waals surface area contributed by atoms with E-state index in [4.69, 9.17) is 9.72 Å². The Morgan fingerprint density at radius 3 is 2.52 bits per heavy atom. The smallest absolute Gasteiger partial charge is 0.253 e. The summed E-state index contributed by atoms with van der Waals surface area (Å²) in [7, 11) is 0. The summed E-state index contributed by atoms with van der Waals surface area (Å²) < 4.78 is 10.2. The summed E-state index contributed by atoms with van der Waals surface area (Å²) in [6.45, 7) is 2.28. The SMILES string of the molecule is O=C(c1ccc(-n2cccn2)cc1)N1CCC(n2c(C3CCCO3)nc3ccccc32)CC1. The van der Waals surface area contributed by atoms with Crippen LogP contribution in [-0.4, -0.2) is 49.8 Å². The zero-order valence-corrected chi connectivity index (χ0v) is 18.5. The van der Waals surface area contributed by atoms with Crippen molar-refractivity contribution in [2.24, 2.45) is 0 Å². The molecule has 33 heavy (non-hydrogen) atoms. The van der Waals surface area contributed by atoms with Crippen molar-refractivity contribution in [3.05, 3.63) is 78.4 Å². The maximum Gasteiger partial charge on any atom is 0.253 e. The van der Waals surface area contributed by atoms with Crippen LogP contribution >= 0.6 is 0 Å². The van der Waals surface area contributed by atoms with Gasteiger partial charge in [0.2, 0.25) is 0 Å². The number of benzene rings is 2. The van der Waals surface area contributed by atoms with E-state index in [9.17, 15) is 4.79 Å². The summed E-state index contributed by atoms with van der Waals surface area (Å²) in [5.41, 5.74) is 3.86. The van der Waals surface area contributed by atoms with Gasteiger partial charge in [-0.25, -0.2) is 9.67 Å². The predicted octanol–water partition coefficient (Wildman–Crippen LogP) is 4.55. The van der Waals surface area contributed by atoms with Gasteiger partial charge < -0.3 is 14.2 Å². The number of fused-ring (bicyclic) bond motifs is 1. The molecule has 0 saturated carbocycles. The average molecular weight is 442 g/mol. The number of likely N-dealkylation sites (tertiary alicyclic amines) is 1. The minimum absolute atomic E-state index is 0.0744. The van der Waals surface area contributed by atoms with E-state index in [2.05, 4.69) is 27.9 Å². The van der Waals surface area contributed by atoms with E-state index in [1.807, 2.05) is 47.5 Å². The Bertz CT molecular complexity index is 1250. The average Bonchev–Trinajstić information content (AvgIpc) is 3.64. The second-order valence-electron chi connectivity index (χ2n) is 8.85. The van der Waals surface area contributed by atoms with Crippen LogP contribution in [0.25, 0.3) is 16.7 Å². The summed E-state index contributed by atoms with van der Waals surface area (Å²) in [5.74, 6) is 1.14. The molecule has 4 aromatic rings. The molecule has 2 aromatic carbocycles. The van der Waals surface area contributed by atoms with Crippen molar-refractivity contribution in [3.63, 3.8) is 0 Å². The third kappa shape index (κ3) is 3.72. The molecule has 1 unspecified atom stereocenters. The number of hydrogen-bond donors (Lipinski definition) is 0. The van der Waals surface area contributed by atoms with E-state index in [1.54, 1.807) is 10.9 Å². The molecule has 0 aliphatic carbocycles. The Balaban J connectivity index is 1.19. The molecule has 0 bridgehead atoms. The fourth-order valence-electron chi connectivity index (χ4n) is 5.14. The number of para-hydroxylation sites is 2. The van der Waals surface area contributed by atoms with E-state index in [0.717, 1.165) is 68.0 Å². The molecule has 2 aliphatic rings. The normalized spacial score (nSPS) is 19.4. The van der Waals surface area contributed by atoms with Crippen molar-refractivity contribution in [1.29, 1.82) is 0 Å². The molecule has 7 heteroatoms. The first kappa shape index (κ1) is 20.2.